The van der Waals surface area contributed by atoms with E-state index in [4.69, 9.17) is 14.2 Å². The first kappa shape index (κ1) is 18.6. The van der Waals surface area contributed by atoms with Crippen LogP contribution in [0.4, 0.5) is 5.69 Å². The number of aromatic hydroxyl groups is 1. The normalized spacial score (nSPS) is 11.6. The van der Waals surface area contributed by atoms with E-state index in [1.807, 2.05) is 18.2 Å². The molecule has 2 rings (SSSR count). The van der Waals surface area contributed by atoms with Crippen molar-refractivity contribution in [3.8, 4) is 23.0 Å². The third-order valence-corrected chi connectivity index (χ3v) is 3.92. The van der Waals surface area contributed by atoms with E-state index >= 15 is 0 Å². The molecule has 0 spiro atoms. The Kier molecular flexibility index (Phi) is 5.57. The summed E-state index contributed by atoms with van der Waals surface area (Å²) in [5.74, 6) is 1.73. The average molecular weight is 343 g/mol. The smallest absolute Gasteiger partial charge is 0.203 e. The lowest BCUT2D eigenvalue weighted by atomic mass is 9.87. The first-order valence-corrected chi connectivity index (χ1v) is 7.98. The Hall–Kier alpha value is -2.69. The van der Waals surface area contributed by atoms with Crippen LogP contribution in [0.3, 0.4) is 0 Å². The van der Waals surface area contributed by atoms with Gasteiger partial charge in [0.1, 0.15) is 11.4 Å². The van der Waals surface area contributed by atoms with Crippen molar-refractivity contribution in [2.45, 2.75) is 26.2 Å². The fourth-order valence-corrected chi connectivity index (χ4v) is 2.46. The lowest BCUT2D eigenvalue weighted by Crippen LogP contribution is -2.10. The minimum absolute atomic E-state index is 0.0288. The molecule has 0 aromatic heterocycles. The van der Waals surface area contributed by atoms with Crippen LogP contribution in [-0.2, 0) is 5.41 Å². The van der Waals surface area contributed by atoms with Gasteiger partial charge in [0.2, 0.25) is 5.75 Å². The zero-order valence-corrected chi connectivity index (χ0v) is 15.6. The maximum atomic E-state index is 10.1. The van der Waals surface area contributed by atoms with Crippen LogP contribution >= 0.6 is 0 Å². The van der Waals surface area contributed by atoms with E-state index < -0.39 is 0 Å². The molecule has 0 radical (unpaired) electrons. The number of methoxy groups -OCH3 is 3. The molecule has 0 atom stereocenters. The number of hydrogen-bond donors (Lipinski definition) is 1. The molecule has 0 aliphatic carbocycles. The molecule has 5 nitrogen and oxygen atoms in total. The van der Waals surface area contributed by atoms with Crippen molar-refractivity contribution < 1.29 is 19.3 Å². The van der Waals surface area contributed by atoms with Gasteiger partial charge in [-0.15, -0.1) is 0 Å². The second-order valence-electron chi connectivity index (χ2n) is 6.64. The minimum atomic E-state index is -0.0288. The number of benzene rings is 2. The van der Waals surface area contributed by atoms with Gasteiger partial charge in [0.05, 0.1) is 21.3 Å². The largest absolute Gasteiger partial charge is 0.506 e. The third kappa shape index (κ3) is 4.05. The first-order valence-electron chi connectivity index (χ1n) is 7.98. The molecular weight excluding hydrogens is 318 g/mol. The Morgan fingerprint density at radius 1 is 0.920 bits per heavy atom. The van der Waals surface area contributed by atoms with Gasteiger partial charge < -0.3 is 19.3 Å². The molecule has 5 heteroatoms. The molecule has 2 aromatic carbocycles. The number of rotatable bonds is 5. The highest BCUT2D eigenvalue weighted by Crippen LogP contribution is 2.39. The lowest BCUT2D eigenvalue weighted by molar-refractivity contribution is 0.324. The van der Waals surface area contributed by atoms with Gasteiger partial charge >= 0.3 is 0 Å². The summed E-state index contributed by atoms with van der Waals surface area (Å²) in [4.78, 5) is 4.44. The maximum absolute atomic E-state index is 10.1. The maximum Gasteiger partial charge on any atom is 0.203 e. The highest BCUT2D eigenvalue weighted by molar-refractivity contribution is 5.88. The summed E-state index contributed by atoms with van der Waals surface area (Å²) in [5, 5.41) is 10.1. The predicted molar refractivity (Wildman–Crippen MR) is 100 cm³/mol. The Bertz CT molecular complexity index is 776. The zero-order chi connectivity index (χ0) is 18.6. The third-order valence-electron chi connectivity index (χ3n) is 3.92. The van der Waals surface area contributed by atoms with Gasteiger partial charge in [-0.05, 0) is 35.2 Å². The molecule has 0 bridgehead atoms. The Morgan fingerprint density at radius 2 is 1.60 bits per heavy atom. The molecule has 0 fully saturated rings. The Morgan fingerprint density at radius 3 is 2.16 bits per heavy atom. The topological polar surface area (TPSA) is 60.3 Å². The van der Waals surface area contributed by atoms with E-state index in [1.54, 1.807) is 39.7 Å². The van der Waals surface area contributed by atoms with Crippen molar-refractivity contribution in [2.75, 3.05) is 21.3 Å². The number of aliphatic imine (C=N–C) groups is 1. The van der Waals surface area contributed by atoms with Crippen LogP contribution in [0.15, 0.2) is 35.3 Å². The van der Waals surface area contributed by atoms with Crippen LogP contribution < -0.4 is 14.2 Å². The molecular formula is C20H25NO4. The summed E-state index contributed by atoms with van der Waals surface area (Å²) in [6, 6.07) is 9.08. The molecule has 0 aliphatic rings. The van der Waals surface area contributed by atoms with Crippen molar-refractivity contribution in [3.63, 3.8) is 0 Å². The fourth-order valence-electron chi connectivity index (χ4n) is 2.46. The molecule has 0 saturated heterocycles. The predicted octanol–water partition coefficient (Wildman–Crippen LogP) is 4.47. The molecule has 134 valence electrons. The van der Waals surface area contributed by atoms with E-state index in [0.29, 0.717) is 22.9 Å². The van der Waals surface area contributed by atoms with Crippen LogP contribution in [0.25, 0.3) is 0 Å². The lowest BCUT2D eigenvalue weighted by Gasteiger charge is -2.19. The van der Waals surface area contributed by atoms with Gasteiger partial charge in [0.25, 0.3) is 0 Å². The van der Waals surface area contributed by atoms with Crippen molar-refractivity contribution in [3.05, 3.63) is 41.5 Å². The summed E-state index contributed by atoms with van der Waals surface area (Å²) in [6.07, 6.45) is 1.64. The van der Waals surface area contributed by atoms with E-state index in [1.165, 1.54) is 0 Å². The molecule has 1 N–H and O–H groups in total. The van der Waals surface area contributed by atoms with Crippen molar-refractivity contribution in [1.29, 1.82) is 0 Å². The monoisotopic (exact) mass is 343 g/mol. The zero-order valence-electron chi connectivity index (χ0n) is 15.6. The summed E-state index contributed by atoms with van der Waals surface area (Å²) in [6.45, 7) is 6.35. The number of nitrogens with zero attached hydrogens (tertiary/aromatic N) is 1. The average Bonchev–Trinajstić information content (AvgIpc) is 2.58. The molecule has 0 amide bonds. The van der Waals surface area contributed by atoms with Gasteiger partial charge in [0.15, 0.2) is 11.5 Å². The Balaban J connectivity index is 2.46. The van der Waals surface area contributed by atoms with Crippen LogP contribution in [0.1, 0.15) is 31.9 Å². The van der Waals surface area contributed by atoms with Gasteiger partial charge in [-0.3, -0.25) is 4.99 Å². The van der Waals surface area contributed by atoms with Crippen LogP contribution in [0.2, 0.25) is 0 Å². The quantitative estimate of drug-likeness (QED) is 0.814. The fraction of sp³-hybridized carbons (Fsp3) is 0.350. The van der Waals surface area contributed by atoms with Crippen LogP contribution in [-0.4, -0.2) is 32.7 Å². The second kappa shape index (κ2) is 7.47. The van der Waals surface area contributed by atoms with E-state index in [-0.39, 0.29) is 11.2 Å². The van der Waals surface area contributed by atoms with E-state index in [2.05, 4.69) is 25.8 Å². The summed E-state index contributed by atoms with van der Waals surface area (Å²) in [5.41, 5.74) is 2.29. The van der Waals surface area contributed by atoms with E-state index in [0.717, 1.165) is 11.1 Å². The molecule has 0 unspecified atom stereocenters. The SMILES string of the molecule is COc1ccc(C=Nc2cc(C(C)(C)C)ccc2O)c(OC)c1OC. The number of ether oxygens (including phenoxy) is 3. The minimum Gasteiger partial charge on any atom is -0.506 e. The number of phenols is 1. The van der Waals surface area contributed by atoms with Gasteiger partial charge in [-0.25, -0.2) is 0 Å². The summed E-state index contributed by atoms with van der Waals surface area (Å²) < 4.78 is 16.1. The number of hydrogen-bond acceptors (Lipinski definition) is 5. The molecule has 0 aliphatic heterocycles. The van der Waals surface area contributed by atoms with Gasteiger partial charge in [-0.2, -0.15) is 0 Å². The van der Waals surface area contributed by atoms with E-state index in [9.17, 15) is 5.11 Å². The van der Waals surface area contributed by atoms with Crippen molar-refractivity contribution in [2.24, 2.45) is 4.99 Å². The molecule has 25 heavy (non-hydrogen) atoms. The highest BCUT2D eigenvalue weighted by Gasteiger charge is 2.16. The summed E-state index contributed by atoms with van der Waals surface area (Å²) in [7, 11) is 4.69. The molecule has 0 saturated carbocycles. The number of phenolic OH excluding ortho intramolecular Hbond substituents is 1. The van der Waals surface area contributed by atoms with Crippen molar-refractivity contribution >= 4 is 11.9 Å². The standard InChI is InChI=1S/C20H25NO4/c1-20(2,3)14-8-9-16(22)15(11-14)21-12-13-7-10-17(23-4)19(25-6)18(13)24-5/h7-12,22H,1-6H3. The second-order valence-corrected chi connectivity index (χ2v) is 6.64. The van der Waals surface area contributed by atoms with Crippen molar-refractivity contribution in [1.82, 2.24) is 0 Å². The Labute approximate surface area is 148 Å². The first-order chi connectivity index (χ1) is 11.8. The van der Waals surface area contributed by atoms with Gasteiger partial charge in [-0.1, -0.05) is 26.8 Å². The van der Waals surface area contributed by atoms with Gasteiger partial charge in [0, 0.05) is 11.8 Å². The molecule has 0 heterocycles. The highest BCUT2D eigenvalue weighted by atomic mass is 16.5. The van der Waals surface area contributed by atoms with Crippen LogP contribution in [0, 0.1) is 0 Å². The van der Waals surface area contributed by atoms with Crippen LogP contribution in [0.5, 0.6) is 23.0 Å². The summed E-state index contributed by atoms with van der Waals surface area (Å²) >= 11 is 0. The molecule has 2 aromatic rings.